The van der Waals surface area contributed by atoms with Crippen LogP contribution in [0.2, 0.25) is 0 Å². The highest BCUT2D eigenvalue weighted by atomic mass is 16.7. The molecule has 0 aromatic rings. The molecule has 0 amide bonds. The molecule has 1 rings (SSSR count). The van der Waals surface area contributed by atoms with Gasteiger partial charge < -0.3 is 14.2 Å². The van der Waals surface area contributed by atoms with Gasteiger partial charge in [0.15, 0.2) is 11.6 Å². The SMILES string of the molecule is CCCC(=O)C1(C(=O)OCC)CC(OC)(OC)C1. The lowest BCUT2D eigenvalue weighted by molar-refractivity contribution is -0.289. The summed E-state index contributed by atoms with van der Waals surface area (Å²) in [6.45, 7) is 3.91. The van der Waals surface area contributed by atoms with Gasteiger partial charge in [-0.15, -0.1) is 0 Å². The second-order valence-corrected chi connectivity index (χ2v) is 4.65. The van der Waals surface area contributed by atoms with E-state index >= 15 is 0 Å². The van der Waals surface area contributed by atoms with Crippen molar-refractivity contribution in [2.75, 3.05) is 20.8 Å². The molecule has 104 valence electrons. The van der Waals surface area contributed by atoms with Crippen molar-refractivity contribution in [1.29, 1.82) is 0 Å². The smallest absolute Gasteiger partial charge is 0.320 e. The summed E-state index contributed by atoms with van der Waals surface area (Å²) in [7, 11) is 3.03. The van der Waals surface area contributed by atoms with Gasteiger partial charge in [0.05, 0.1) is 6.61 Å². The topological polar surface area (TPSA) is 61.8 Å². The van der Waals surface area contributed by atoms with Crippen molar-refractivity contribution < 1.29 is 23.8 Å². The third kappa shape index (κ3) is 2.42. The van der Waals surface area contributed by atoms with Crippen LogP contribution in [0.5, 0.6) is 0 Å². The number of methoxy groups -OCH3 is 2. The largest absolute Gasteiger partial charge is 0.465 e. The molecule has 18 heavy (non-hydrogen) atoms. The standard InChI is InChI=1S/C13H22O5/c1-5-7-10(14)12(11(15)18-6-2)8-13(9-12,16-3)17-4/h5-9H2,1-4H3. The first kappa shape index (κ1) is 15.1. The maximum absolute atomic E-state index is 12.2. The summed E-state index contributed by atoms with van der Waals surface area (Å²) in [5.41, 5.74) is -1.07. The fourth-order valence-electron chi connectivity index (χ4n) is 2.43. The summed E-state index contributed by atoms with van der Waals surface area (Å²) in [6.07, 6.45) is 1.57. The van der Waals surface area contributed by atoms with Gasteiger partial charge in [-0.3, -0.25) is 9.59 Å². The second-order valence-electron chi connectivity index (χ2n) is 4.65. The van der Waals surface area contributed by atoms with Crippen molar-refractivity contribution in [3.8, 4) is 0 Å². The summed E-state index contributed by atoms with van der Waals surface area (Å²) in [5, 5.41) is 0. The molecule has 0 atom stereocenters. The number of esters is 1. The minimum Gasteiger partial charge on any atom is -0.465 e. The van der Waals surface area contributed by atoms with Gasteiger partial charge in [0.25, 0.3) is 0 Å². The van der Waals surface area contributed by atoms with Crippen LogP contribution in [0.3, 0.4) is 0 Å². The molecule has 0 bridgehead atoms. The molecule has 0 saturated heterocycles. The van der Waals surface area contributed by atoms with Gasteiger partial charge in [0, 0.05) is 33.5 Å². The molecular formula is C13H22O5. The molecule has 0 aliphatic heterocycles. The molecule has 0 N–H and O–H groups in total. The van der Waals surface area contributed by atoms with Crippen LogP contribution in [0, 0.1) is 5.41 Å². The van der Waals surface area contributed by atoms with Crippen LogP contribution in [0.15, 0.2) is 0 Å². The third-order valence-corrected chi connectivity index (χ3v) is 3.56. The van der Waals surface area contributed by atoms with Gasteiger partial charge in [-0.25, -0.2) is 0 Å². The molecule has 0 radical (unpaired) electrons. The van der Waals surface area contributed by atoms with E-state index in [9.17, 15) is 9.59 Å². The molecule has 1 fully saturated rings. The van der Waals surface area contributed by atoms with Gasteiger partial charge >= 0.3 is 5.97 Å². The number of hydrogen-bond acceptors (Lipinski definition) is 5. The molecule has 1 aliphatic rings. The highest BCUT2D eigenvalue weighted by Crippen LogP contribution is 2.52. The van der Waals surface area contributed by atoms with Gasteiger partial charge in [0.2, 0.25) is 0 Å². The Labute approximate surface area is 108 Å². The molecule has 0 spiro atoms. The highest BCUT2D eigenvalue weighted by Gasteiger charge is 2.64. The molecule has 5 heteroatoms. The molecular weight excluding hydrogens is 236 g/mol. The zero-order chi connectivity index (χ0) is 13.8. The number of Topliss-reactive ketones (excluding diaryl/α,β-unsaturated/α-hetero) is 1. The molecule has 0 unspecified atom stereocenters. The van der Waals surface area contributed by atoms with Crippen molar-refractivity contribution in [1.82, 2.24) is 0 Å². The van der Waals surface area contributed by atoms with Crippen molar-refractivity contribution in [3.63, 3.8) is 0 Å². The minimum absolute atomic E-state index is 0.0758. The predicted molar refractivity (Wildman–Crippen MR) is 65.0 cm³/mol. The Morgan fingerprint density at radius 3 is 2.06 bits per heavy atom. The zero-order valence-corrected chi connectivity index (χ0v) is 11.6. The summed E-state index contributed by atoms with van der Waals surface area (Å²) < 4.78 is 15.5. The van der Waals surface area contributed by atoms with Crippen molar-refractivity contribution in [2.24, 2.45) is 5.41 Å². The Morgan fingerprint density at radius 1 is 1.11 bits per heavy atom. The van der Waals surface area contributed by atoms with Gasteiger partial charge in [-0.2, -0.15) is 0 Å². The van der Waals surface area contributed by atoms with E-state index < -0.39 is 17.2 Å². The minimum atomic E-state index is -1.07. The summed E-state index contributed by atoms with van der Waals surface area (Å²) in [4.78, 5) is 24.2. The Morgan fingerprint density at radius 2 is 1.67 bits per heavy atom. The van der Waals surface area contributed by atoms with E-state index in [2.05, 4.69) is 0 Å². The Kier molecular flexibility index (Phi) is 4.87. The molecule has 1 saturated carbocycles. The Hall–Kier alpha value is -0.940. The summed E-state index contributed by atoms with van der Waals surface area (Å²) in [5.74, 6) is -1.35. The Balaban J connectivity index is 2.87. The maximum atomic E-state index is 12.2. The van der Waals surface area contributed by atoms with Crippen LogP contribution in [-0.4, -0.2) is 38.4 Å². The number of rotatable bonds is 7. The van der Waals surface area contributed by atoms with E-state index in [1.165, 1.54) is 14.2 Å². The summed E-state index contributed by atoms with van der Waals surface area (Å²) >= 11 is 0. The predicted octanol–water partition coefficient (Wildman–Crippen LogP) is 1.69. The maximum Gasteiger partial charge on any atom is 0.320 e. The normalized spacial score (nSPS) is 20.0. The van der Waals surface area contributed by atoms with E-state index in [1.807, 2.05) is 6.92 Å². The fraction of sp³-hybridized carbons (Fsp3) is 0.846. The lowest BCUT2D eigenvalue weighted by atomic mass is 9.61. The number of ether oxygens (including phenoxy) is 3. The molecule has 1 aliphatic carbocycles. The van der Waals surface area contributed by atoms with Gasteiger partial charge in [-0.1, -0.05) is 6.92 Å². The van der Waals surface area contributed by atoms with Crippen molar-refractivity contribution in [3.05, 3.63) is 0 Å². The summed E-state index contributed by atoms with van der Waals surface area (Å²) in [6, 6.07) is 0. The average molecular weight is 258 g/mol. The van der Waals surface area contributed by atoms with Crippen molar-refractivity contribution in [2.45, 2.75) is 45.3 Å². The average Bonchev–Trinajstić information content (AvgIpc) is 2.30. The third-order valence-electron chi connectivity index (χ3n) is 3.56. The van der Waals surface area contributed by atoms with Crippen LogP contribution in [0.1, 0.15) is 39.5 Å². The van der Waals surface area contributed by atoms with Gasteiger partial charge in [0.1, 0.15) is 5.41 Å². The fourth-order valence-corrected chi connectivity index (χ4v) is 2.43. The van der Waals surface area contributed by atoms with E-state index in [-0.39, 0.29) is 25.2 Å². The van der Waals surface area contributed by atoms with E-state index in [1.54, 1.807) is 6.92 Å². The van der Waals surface area contributed by atoms with Crippen LogP contribution >= 0.6 is 0 Å². The first-order valence-electron chi connectivity index (χ1n) is 6.31. The number of carbonyl (C=O) groups is 2. The quantitative estimate of drug-likeness (QED) is 0.395. The van der Waals surface area contributed by atoms with Crippen LogP contribution in [0.4, 0.5) is 0 Å². The number of ketones is 1. The lowest BCUT2D eigenvalue weighted by Crippen LogP contribution is -2.61. The van der Waals surface area contributed by atoms with Crippen LogP contribution in [0.25, 0.3) is 0 Å². The molecule has 0 heterocycles. The lowest BCUT2D eigenvalue weighted by Gasteiger charge is -2.51. The highest BCUT2D eigenvalue weighted by molar-refractivity contribution is 6.05. The molecule has 0 aromatic carbocycles. The first-order valence-corrected chi connectivity index (χ1v) is 6.31. The second kappa shape index (κ2) is 5.80. The van der Waals surface area contributed by atoms with E-state index in [4.69, 9.17) is 14.2 Å². The molecule has 5 nitrogen and oxygen atoms in total. The van der Waals surface area contributed by atoms with E-state index in [0.717, 1.165) is 0 Å². The number of hydrogen-bond donors (Lipinski definition) is 0. The van der Waals surface area contributed by atoms with Crippen LogP contribution in [-0.2, 0) is 23.8 Å². The first-order chi connectivity index (χ1) is 8.50. The molecule has 0 aromatic heterocycles. The van der Waals surface area contributed by atoms with Gasteiger partial charge in [-0.05, 0) is 13.3 Å². The van der Waals surface area contributed by atoms with E-state index in [0.29, 0.717) is 12.8 Å². The Bertz CT molecular complexity index is 291. The number of carbonyl (C=O) groups excluding carboxylic acids is 2. The zero-order valence-electron chi connectivity index (χ0n) is 11.6. The monoisotopic (exact) mass is 258 g/mol. The van der Waals surface area contributed by atoms with Crippen LogP contribution < -0.4 is 0 Å². The van der Waals surface area contributed by atoms with Crippen molar-refractivity contribution >= 4 is 11.8 Å².